The van der Waals surface area contributed by atoms with E-state index in [1.807, 2.05) is 38.2 Å². The SMILES string of the molecule is CNc1cc(C)nc(Cn2ncc(=O)c3ccccc32)n1. The standard InChI is InChI=1S/C15H15N5O/c1-10-7-14(16-2)19-15(18-10)9-20-12-6-4-3-5-11(12)13(21)8-17-20/h3-8H,9H2,1-2H3,(H,16,18,19). The average molecular weight is 281 g/mol. The number of anilines is 1. The molecular weight excluding hydrogens is 266 g/mol. The van der Waals surface area contributed by atoms with Gasteiger partial charge in [-0.1, -0.05) is 12.1 Å². The Hall–Kier alpha value is -2.76. The molecule has 0 bridgehead atoms. The topological polar surface area (TPSA) is 72.7 Å². The van der Waals surface area contributed by atoms with Crippen molar-refractivity contribution in [2.24, 2.45) is 0 Å². The number of para-hydroxylation sites is 1. The molecule has 0 unspecified atom stereocenters. The minimum absolute atomic E-state index is 0.0806. The minimum atomic E-state index is -0.0806. The third-order valence-electron chi connectivity index (χ3n) is 3.21. The molecule has 0 saturated heterocycles. The third-order valence-corrected chi connectivity index (χ3v) is 3.21. The molecule has 0 spiro atoms. The second-order valence-corrected chi connectivity index (χ2v) is 4.74. The van der Waals surface area contributed by atoms with Crippen LogP contribution in [0.15, 0.2) is 41.3 Å². The molecule has 3 rings (SSSR count). The molecule has 0 radical (unpaired) electrons. The summed E-state index contributed by atoms with van der Waals surface area (Å²) >= 11 is 0. The predicted octanol–water partition coefficient (Wildman–Crippen LogP) is 1.58. The average Bonchev–Trinajstić information content (AvgIpc) is 2.50. The van der Waals surface area contributed by atoms with Crippen LogP contribution in [0.4, 0.5) is 5.82 Å². The lowest BCUT2D eigenvalue weighted by Gasteiger charge is -2.09. The van der Waals surface area contributed by atoms with Gasteiger partial charge < -0.3 is 5.32 Å². The molecular formula is C15H15N5O. The van der Waals surface area contributed by atoms with Crippen LogP contribution in [0.2, 0.25) is 0 Å². The van der Waals surface area contributed by atoms with Crippen molar-refractivity contribution in [1.82, 2.24) is 19.7 Å². The van der Waals surface area contributed by atoms with Gasteiger partial charge in [-0.05, 0) is 19.1 Å². The molecule has 0 saturated carbocycles. The molecule has 6 heteroatoms. The summed E-state index contributed by atoms with van der Waals surface area (Å²) in [6, 6.07) is 9.28. The largest absolute Gasteiger partial charge is 0.373 e. The van der Waals surface area contributed by atoms with Gasteiger partial charge in [-0.2, -0.15) is 5.10 Å². The highest BCUT2D eigenvalue weighted by molar-refractivity contribution is 5.77. The van der Waals surface area contributed by atoms with E-state index < -0.39 is 0 Å². The number of aromatic nitrogens is 4. The molecule has 3 aromatic rings. The van der Waals surface area contributed by atoms with Crippen LogP contribution in [0, 0.1) is 6.92 Å². The van der Waals surface area contributed by atoms with Crippen LogP contribution in [-0.2, 0) is 6.54 Å². The molecule has 0 aliphatic carbocycles. The normalized spacial score (nSPS) is 10.8. The third kappa shape index (κ3) is 2.60. The van der Waals surface area contributed by atoms with Gasteiger partial charge in [-0.25, -0.2) is 9.97 Å². The molecule has 21 heavy (non-hydrogen) atoms. The van der Waals surface area contributed by atoms with Gasteiger partial charge in [0.15, 0.2) is 5.82 Å². The van der Waals surface area contributed by atoms with E-state index in [0.29, 0.717) is 17.8 Å². The number of aryl methyl sites for hydroxylation is 1. The summed E-state index contributed by atoms with van der Waals surface area (Å²) in [5.41, 5.74) is 1.58. The Labute approximate surface area is 121 Å². The van der Waals surface area contributed by atoms with Crippen molar-refractivity contribution < 1.29 is 0 Å². The number of hydrogen-bond acceptors (Lipinski definition) is 5. The predicted molar refractivity (Wildman–Crippen MR) is 81.4 cm³/mol. The number of fused-ring (bicyclic) bond motifs is 1. The highest BCUT2D eigenvalue weighted by atomic mass is 16.1. The zero-order valence-corrected chi connectivity index (χ0v) is 11.9. The lowest BCUT2D eigenvalue weighted by Crippen LogP contribution is -2.15. The second kappa shape index (κ2) is 5.32. The second-order valence-electron chi connectivity index (χ2n) is 4.74. The van der Waals surface area contributed by atoms with Gasteiger partial charge in [-0.15, -0.1) is 0 Å². The van der Waals surface area contributed by atoms with Gasteiger partial charge in [0.25, 0.3) is 0 Å². The summed E-state index contributed by atoms with van der Waals surface area (Å²) in [7, 11) is 1.82. The van der Waals surface area contributed by atoms with E-state index in [4.69, 9.17) is 0 Å². The van der Waals surface area contributed by atoms with Crippen molar-refractivity contribution in [2.45, 2.75) is 13.5 Å². The minimum Gasteiger partial charge on any atom is -0.373 e. The van der Waals surface area contributed by atoms with E-state index in [0.717, 1.165) is 17.0 Å². The maximum absolute atomic E-state index is 11.8. The first-order valence-corrected chi connectivity index (χ1v) is 6.64. The molecule has 0 aliphatic heterocycles. The van der Waals surface area contributed by atoms with Gasteiger partial charge in [-0.3, -0.25) is 9.48 Å². The van der Waals surface area contributed by atoms with E-state index in [1.165, 1.54) is 6.20 Å². The van der Waals surface area contributed by atoms with Gasteiger partial charge in [0.05, 0.1) is 11.7 Å². The zero-order valence-electron chi connectivity index (χ0n) is 11.9. The summed E-state index contributed by atoms with van der Waals surface area (Å²) in [5.74, 6) is 1.42. The van der Waals surface area contributed by atoms with Crippen molar-refractivity contribution in [3.8, 4) is 0 Å². The van der Waals surface area contributed by atoms with Gasteiger partial charge >= 0.3 is 0 Å². The Morgan fingerprint density at radius 1 is 1.24 bits per heavy atom. The van der Waals surface area contributed by atoms with Crippen molar-refractivity contribution in [3.63, 3.8) is 0 Å². The number of benzene rings is 1. The van der Waals surface area contributed by atoms with Crippen LogP contribution in [-0.4, -0.2) is 26.8 Å². The Morgan fingerprint density at radius 3 is 2.86 bits per heavy atom. The van der Waals surface area contributed by atoms with Crippen LogP contribution in [0.3, 0.4) is 0 Å². The number of nitrogens with zero attached hydrogens (tertiary/aromatic N) is 4. The Bertz CT molecular complexity index is 856. The number of nitrogens with one attached hydrogen (secondary N) is 1. The van der Waals surface area contributed by atoms with Crippen LogP contribution < -0.4 is 10.7 Å². The molecule has 2 aromatic heterocycles. The Morgan fingerprint density at radius 2 is 2.05 bits per heavy atom. The van der Waals surface area contributed by atoms with Gasteiger partial charge in [0.1, 0.15) is 12.4 Å². The monoisotopic (exact) mass is 281 g/mol. The molecule has 106 valence electrons. The molecule has 0 fully saturated rings. The molecule has 2 heterocycles. The van der Waals surface area contributed by atoms with Crippen LogP contribution in [0.25, 0.3) is 10.9 Å². The maximum Gasteiger partial charge on any atom is 0.207 e. The molecule has 0 aliphatic rings. The maximum atomic E-state index is 11.8. The molecule has 0 amide bonds. The van der Waals surface area contributed by atoms with Crippen LogP contribution >= 0.6 is 0 Å². The van der Waals surface area contributed by atoms with Crippen LogP contribution in [0.1, 0.15) is 11.5 Å². The van der Waals surface area contributed by atoms with E-state index in [1.54, 1.807) is 10.7 Å². The lowest BCUT2D eigenvalue weighted by atomic mass is 10.2. The van der Waals surface area contributed by atoms with Crippen molar-refractivity contribution in [1.29, 1.82) is 0 Å². The summed E-state index contributed by atoms with van der Waals surface area (Å²) in [6.07, 6.45) is 1.33. The van der Waals surface area contributed by atoms with Crippen molar-refractivity contribution in [2.75, 3.05) is 12.4 Å². The summed E-state index contributed by atoms with van der Waals surface area (Å²) in [5, 5.41) is 7.85. The fourth-order valence-electron chi connectivity index (χ4n) is 2.25. The zero-order chi connectivity index (χ0) is 14.8. The van der Waals surface area contributed by atoms with Gasteiger partial charge in [0, 0.05) is 24.2 Å². The highest BCUT2D eigenvalue weighted by Crippen LogP contribution is 2.11. The number of hydrogen-bond donors (Lipinski definition) is 1. The smallest absolute Gasteiger partial charge is 0.207 e. The van der Waals surface area contributed by atoms with Crippen LogP contribution in [0.5, 0.6) is 0 Å². The number of rotatable bonds is 3. The lowest BCUT2D eigenvalue weighted by molar-refractivity contribution is 0.661. The van der Waals surface area contributed by atoms with Crippen molar-refractivity contribution in [3.05, 3.63) is 58.3 Å². The summed E-state index contributed by atoms with van der Waals surface area (Å²) in [4.78, 5) is 20.7. The molecule has 1 N–H and O–H groups in total. The molecule has 1 aromatic carbocycles. The molecule has 6 nitrogen and oxygen atoms in total. The Kier molecular flexibility index (Phi) is 3.35. The van der Waals surface area contributed by atoms with Gasteiger partial charge in [0.2, 0.25) is 5.43 Å². The van der Waals surface area contributed by atoms with E-state index in [9.17, 15) is 4.79 Å². The molecule has 0 atom stereocenters. The first-order chi connectivity index (χ1) is 10.2. The first kappa shape index (κ1) is 13.2. The quantitative estimate of drug-likeness (QED) is 0.789. The van der Waals surface area contributed by atoms with E-state index in [-0.39, 0.29) is 5.43 Å². The Balaban J connectivity index is 2.08. The summed E-state index contributed by atoms with van der Waals surface area (Å²) < 4.78 is 1.74. The fraction of sp³-hybridized carbons (Fsp3) is 0.200. The van der Waals surface area contributed by atoms with E-state index in [2.05, 4.69) is 20.4 Å². The van der Waals surface area contributed by atoms with E-state index >= 15 is 0 Å². The summed E-state index contributed by atoms with van der Waals surface area (Å²) in [6.45, 7) is 2.33. The first-order valence-electron chi connectivity index (χ1n) is 6.64. The fourth-order valence-corrected chi connectivity index (χ4v) is 2.25. The van der Waals surface area contributed by atoms with Crippen molar-refractivity contribution >= 4 is 16.7 Å². The highest BCUT2D eigenvalue weighted by Gasteiger charge is 2.07.